The maximum Gasteiger partial charge on any atom is 0.139 e. The third-order valence-electron chi connectivity index (χ3n) is 11.0. The number of nitrogens with zero attached hydrogens (tertiary/aromatic N) is 2. The van der Waals surface area contributed by atoms with Crippen molar-refractivity contribution in [2.75, 3.05) is 9.80 Å². The van der Waals surface area contributed by atoms with Crippen LogP contribution in [0.5, 0.6) is 23.0 Å². The maximum absolute atomic E-state index is 7.02. The summed E-state index contributed by atoms with van der Waals surface area (Å²) < 4.78 is 14.0. The predicted octanol–water partition coefficient (Wildman–Crippen LogP) is 16.8. The van der Waals surface area contributed by atoms with Gasteiger partial charge in [0.15, 0.2) is 0 Å². The van der Waals surface area contributed by atoms with Gasteiger partial charge in [0.1, 0.15) is 23.0 Å². The summed E-state index contributed by atoms with van der Waals surface area (Å²) in [5.74, 6) is 2.77. The molecule has 0 saturated carbocycles. The summed E-state index contributed by atoms with van der Waals surface area (Å²) in [6, 6.07) is 76.2. The van der Waals surface area contributed by atoms with Crippen LogP contribution in [0.4, 0.5) is 34.1 Å². The predicted molar refractivity (Wildman–Crippen MR) is 259 cm³/mol. The Kier molecular flexibility index (Phi) is 11.4. The van der Waals surface area contributed by atoms with Gasteiger partial charge in [0.25, 0.3) is 0 Å². The molecule has 0 N–H and O–H groups in total. The van der Waals surface area contributed by atoms with E-state index in [1.165, 1.54) is 22.3 Å². The minimum atomic E-state index is 0.678. The zero-order valence-electron chi connectivity index (χ0n) is 35.5. The van der Waals surface area contributed by atoms with Crippen LogP contribution in [-0.2, 0) is 0 Å². The molecule has 0 aliphatic carbocycles. The van der Waals surface area contributed by atoms with Crippen LogP contribution < -0.4 is 19.3 Å². The third-order valence-corrected chi connectivity index (χ3v) is 11.0. The van der Waals surface area contributed by atoms with Crippen molar-refractivity contribution >= 4 is 34.1 Å². The molecular formula is C58H48N2O2. The largest absolute Gasteiger partial charge is 0.457 e. The van der Waals surface area contributed by atoms with Gasteiger partial charge in [-0.3, -0.25) is 0 Å². The summed E-state index contributed by atoms with van der Waals surface area (Å²) in [5.41, 5.74) is 15.1. The number of rotatable bonds is 12. The zero-order chi connectivity index (χ0) is 42.4. The van der Waals surface area contributed by atoms with Crippen LogP contribution in [0.15, 0.2) is 218 Å². The molecule has 0 heterocycles. The quantitative estimate of drug-likeness (QED) is 0.123. The monoisotopic (exact) mass is 804 g/mol. The molecule has 9 aromatic rings. The molecule has 62 heavy (non-hydrogen) atoms. The highest BCUT2D eigenvalue weighted by Crippen LogP contribution is 2.46. The van der Waals surface area contributed by atoms with Crippen molar-refractivity contribution in [2.45, 2.75) is 27.7 Å². The summed E-state index contributed by atoms with van der Waals surface area (Å²) >= 11 is 0. The average Bonchev–Trinajstić information content (AvgIpc) is 3.30. The van der Waals surface area contributed by atoms with Crippen LogP contribution in [-0.4, -0.2) is 0 Å². The minimum Gasteiger partial charge on any atom is -0.457 e. The van der Waals surface area contributed by atoms with Gasteiger partial charge in [-0.1, -0.05) is 144 Å². The van der Waals surface area contributed by atoms with Crippen LogP contribution in [0.3, 0.4) is 0 Å². The highest BCUT2D eigenvalue weighted by atomic mass is 16.5. The molecule has 0 fully saturated rings. The average molecular weight is 805 g/mol. The SMILES string of the molecule is Cc1ccc(N(c2ccc(C)cc2)c2cccc(Oc3cc(Oc4cccc(N(c5ccc(C)cc5)c5ccc(C)cc5)c4)c(-c4ccccc4)cc3-c3ccccc3)c2)cc1. The van der Waals surface area contributed by atoms with E-state index >= 15 is 0 Å². The molecule has 0 radical (unpaired) electrons. The molecule has 0 atom stereocenters. The Morgan fingerprint density at radius 3 is 0.919 bits per heavy atom. The van der Waals surface area contributed by atoms with Crippen molar-refractivity contribution in [3.8, 4) is 45.3 Å². The lowest BCUT2D eigenvalue weighted by Gasteiger charge is -2.26. The molecule has 0 amide bonds. The molecule has 302 valence electrons. The van der Waals surface area contributed by atoms with Crippen molar-refractivity contribution in [3.63, 3.8) is 0 Å². The second kappa shape index (κ2) is 17.8. The third kappa shape index (κ3) is 8.86. The Morgan fingerprint density at radius 1 is 0.274 bits per heavy atom. The molecule has 4 heteroatoms. The Bertz CT molecular complexity index is 2620. The van der Waals surface area contributed by atoms with Gasteiger partial charge in [-0.05, 0) is 118 Å². The zero-order valence-corrected chi connectivity index (χ0v) is 35.5. The number of hydrogen-bond donors (Lipinski definition) is 0. The van der Waals surface area contributed by atoms with Crippen molar-refractivity contribution in [1.82, 2.24) is 0 Å². The minimum absolute atomic E-state index is 0.678. The van der Waals surface area contributed by atoms with E-state index in [2.05, 4.69) is 226 Å². The van der Waals surface area contributed by atoms with Crippen molar-refractivity contribution in [2.24, 2.45) is 0 Å². The van der Waals surface area contributed by atoms with Crippen LogP contribution >= 0.6 is 0 Å². The fourth-order valence-electron chi connectivity index (χ4n) is 7.71. The molecule has 0 aromatic heterocycles. The highest BCUT2D eigenvalue weighted by molar-refractivity contribution is 5.84. The fourth-order valence-corrected chi connectivity index (χ4v) is 7.71. The molecule has 9 aromatic carbocycles. The molecule has 0 aliphatic heterocycles. The lowest BCUT2D eigenvalue weighted by Crippen LogP contribution is -2.10. The van der Waals surface area contributed by atoms with Gasteiger partial charge in [0, 0.05) is 63.5 Å². The first-order valence-corrected chi connectivity index (χ1v) is 21.1. The summed E-state index contributed by atoms with van der Waals surface area (Å²) in [7, 11) is 0. The first-order valence-electron chi connectivity index (χ1n) is 21.1. The fraction of sp³-hybridized carbons (Fsp3) is 0.0690. The van der Waals surface area contributed by atoms with Crippen LogP contribution in [0, 0.1) is 27.7 Å². The molecule has 0 spiro atoms. The van der Waals surface area contributed by atoms with Gasteiger partial charge < -0.3 is 19.3 Å². The van der Waals surface area contributed by atoms with Gasteiger partial charge in [0.05, 0.1) is 0 Å². The second-order valence-electron chi connectivity index (χ2n) is 15.8. The van der Waals surface area contributed by atoms with Crippen molar-refractivity contribution < 1.29 is 9.47 Å². The molecular weight excluding hydrogens is 757 g/mol. The first-order chi connectivity index (χ1) is 30.3. The van der Waals surface area contributed by atoms with Crippen LogP contribution in [0.25, 0.3) is 22.3 Å². The Balaban J connectivity index is 1.15. The summed E-state index contributed by atoms with van der Waals surface area (Å²) in [5, 5.41) is 0. The number of benzene rings is 9. The number of hydrogen-bond acceptors (Lipinski definition) is 4. The van der Waals surface area contributed by atoms with Gasteiger partial charge >= 0.3 is 0 Å². The summed E-state index contributed by atoms with van der Waals surface area (Å²) in [6.45, 7) is 8.45. The van der Waals surface area contributed by atoms with E-state index in [4.69, 9.17) is 9.47 Å². The molecule has 4 nitrogen and oxygen atoms in total. The molecule has 0 bridgehead atoms. The molecule has 9 rings (SSSR count). The van der Waals surface area contributed by atoms with Crippen molar-refractivity contribution in [3.05, 3.63) is 241 Å². The Hall–Kier alpha value is -7.82. The van der Waals surface area contributed by atoms with Gasteiger partial charge in [-0.15, -0.1) is 0 Å². The lowest BCUT2D eigenvalue weighted by molar-refractivity contribution is 0.463. The lowest BCUT2D eigenvalue weighted by atomic mass is 9.97. The Morgan fingerprint density at radius 2 is 0.597 bits per heavy atom. The van der Waals surface area contributed by atoms with E-state index in [0.717, 1.165) is 56.4 Å². The second-order valence-corrected chi connectivity index (χ2v) is 15.8. The molecule has 0 unspecified atom stereocenters. The number of aryl methyl sites for hydroxylation is 4. The van der Waals surface area contributed by atoms with E-state index in [1.807, 2.05) is 30.3 Å². The van der Waals surface area contributed by atoms with E-state index in [-0.39, 0.29) is 0 Å². The summed E-state index contributed by atoms with van der Waals surface area (Å²) in [6.07, 6.45) is 0. The van der Waals surface area contributed by atoms with E-state index in [1.54, 1.807) is 0 Å². The first kappa shape index (κ1) is 39.6. The topological polar surface area (TPSA) is 24.9 Å². The van der Waals surface area contributed by atoms with E-state index < -0.39 is 0 Å². The molecule has 0 aliphatic rings. The number of anilines is 6. The number of ether oxygens (including phenoxy) is 2. The highest BCUT2D eigenvalue weighted by Gasteiger charge is 2.20. The normalized spacial score (nSPS) is 10.9. The standard InChI is InChI=1S/C58H48N2O2/c1-41-21-29-47(30-22-41)59(48-31-23-42(2)24-32-48)51-17-11-19-53(37-51)61-57-40-58(56(46-15-9-6-10-16-46)39-55(57)45-13-7-5-8-14-45)62-54-20-12-18-52(38-54)60(49-33-25-43(3)26-34-49)50-35-27-44(4)28-36-50/h5-40H,1-4H3. The van der Waals surface area contributed by atoms with Crippen molar-refractivity contribution in [1.29, 1.82) is 0 Å². The van der Waals surface area contributed by atoms with Gasteiger partial charge in [0.2, 0.25) is 0 Å². The van der Waals surface area contributed by atoms with Crippen LogP contribution in [0.1, 0.15) is 22.3 Å². The van der Waals surface area contributed by atoms with E-state index in [0.29, 0.717) is 23.0 Å². The van der Waals surface area contributed by atoms with E-state index in [9.17, 15) is 0 Å². The van der Waals surface area contributed by atoms with Crippen LogP contribution in [0.2, 0.25) is 0 Å². The summed E-state index contributed by atoms with van der Waals surface area (Å²) in [4.78, 5) is 4.53. The maximum atomic E-state index is 7.02. The molecule has 0 saturated heterocycles. The Labute approximate surface area is 365 Å². The smallest absolute Gasteiger partial charge is 0.139 e. The van der Waals surface area contributed by atoms with Gasteiger partial charge in [-0.25, -0.2) is 0 Å². The van der Waals surface area contributed by atoms with Gasteiger partial charge in [-0.2, -0.15) is 0 Å².